The van der Waals surface area contributed by atoms with Crippen molar-refractivity contribution < 1.29 is 19.4 Å². The van der Waals surface area contributed by atoms with Gasteiger partial charge in [0.2, 0.25) is 0 Å². The predicted octanol–water partition coefficient (Wildman–Crippen LogP) is 1.20. The standard InChI is InChI=1S/C13H22N2O4/c1-13(19-7-11(16)17)8-15(9-13)12(18)14-10-5-3-2-4-6-10/h10H,2-9H2,1H3,(H,14,18)(H,16,17). The zero-order valence-corrected chi connectivity index (χ0v) is 11.4. The summed E-state index contributed by atoms with van der Waals surface area (Å²) in [5.41, 5.74) is -0.512. The number of carbonyl (C=O) groups is 2. The van der Waals surface area contributed by atoms with Gasteiger partial charge in [-0.1, -0.05) is 19.3 Å². The van der Waals surface area contributed by atoms with E-state index in [1.165, 1.54) is 19.3 Å². The zero-order valence-electron chi connectivity index (χ0n) is 11.4. The van der Waals surface area contributed by atoms with Gasteiger partial charge in [0.25, 0.3) is 0 Å². The van der Waals surface area contributed by atoms with Crippen LogP contribution in [0.4, 0.5) is 4.79 Å². The first-order valence-corrected chi connectivity index (χ1v) is 6.90. The summed E-state index contributed by atoms with van der Waals surface area (Å²) in [5, 5.41) is 11.6. The van der Waals surface area contributed by atoms with Crippen LogP contribution in [0.5, 0.6) is 0 Å². The van der Waals surface area contributed by atoms with Gasteiger partial charge in [-0.2, -0.15) is 0 Å². The second-order valence-electron chi connectivity index (χ2n) is 5.77. The Hall–Kier alpha value is -1.30. The highest BCUT2D eigenvalue weighted by molar-refractivity contribution is 5.76. The Morgan fingerprint density at radius 3 is 2.53 bits per heavy atom. The highest BCUT2D eigenvalue weighted by Crippen LogP contribution is 2.25. The number of nitrogens with one attached hydrogen (secondary N) is 1. The Morgan fingerprint density at radius 1 is 1.32 bits per heavy atom. The molecule has 2 aliphatic rings. The number of hydrogen-bond acceptors (Lipinski definition) is 3. The first kappa shape index (κ1) is 14.1. The third-order valence-corrected chi connectivity index (χ3v) is 3.81. The summed E-state index contributed by atoms with van der Waals surface area (Å²) in [6.45, 7) is 2.44. The van der Waals surface area contributed by atoms with Crippen LogP contribution in [0.1, 0.15) is 39.0 Å². The smallest absolute Gasteiger partial charge is 0.329 e. The molecule has 0 aromatic carbocycles. The van der Waals surface area contributed by atoms with Gasteiger partial charge in [-0.3, -0.25) is 0 Å². The fraction of sp³-hybridized carbons (Fsp3) is 0.846. The highest BCUT2D eigenvalue weighted by atomic mass is 16.5. The van der Waals surface area contributed by atoms with Gasteiger partial charge in [-0.25, -0.2) is 9.59 Å². The topological polar surface area (TPSA) is 78.9 Å². The summed E-state index contributed by atoms with van der Waals surface area (Å²) in [5.74, 6) is -0.980. The SMILES string of the molecule is CC1(OCC(=O)O)CN(C(=O)NC2CCCCC2)C1. The van der Waals surface area contributed by atoms with Crippen LogP contribution in [-0.2, 0) is 9.53 Å². The third kappa shape index (κ3) is 3.83. The molecule has 6 heteroatoms. The first-order chi connectivity index (χ1) is 8.98. The molecule has 1 saturated carbocycles. The van der Waals surface area contributed by atoms with E-state index in [0.29, 0.717) is 19.1 Å². The second kappa shape index (κ2) is 5.77. The van der Waals surface area contributed by atoms with Crippen LogP contribution in [0.2, 0.25) is 0 Å². The van der Waals surface area contributed by atoms with Crippen LogP contribution < -0.4 is 5.32 Å². The number of carbonyl (C=O) groups excluding carboxylic acids is 1. The maximum absolute atomic E-state index is 12.0. The normalized spacial score (nSPS) is 22.7. The monoisotopic (exact) mass is 270 g/mol. The van der Waals surface area contributed by atoms with Gasteiger partial charge in [0.1, 0.15) is 12.2 Å². The molecule has 2 rings (SSSR count). The minimum Gasteiger partial charge on any atom is -0.480 e. The maximum atomic E-state index is 12.0. The number of ether oxygens (including phenoxy) is 1. The number of hydrogen-bond donors (Lipinski definition) is 2. The van der Waals surface area contributed by atoms with Crippen LogP contribution in [0.25, 0.3) is 0 Å². The molecular weight excluding hydrogens is 248 g/mol. The summed E-state index contributed by atoms with van der Waals surface area (Å²) in [6.07, 6.45) is 5.75. The lowest BCUT2D eigenvalue weighted by Gasteiger charge is -2.47. The molecular formula is C13H22N2O4. The number of aliphatic carboxylic acids is 1. The van der Waals surface area contributed by atoms with Crippen molar-refractivity contribution in [3.05, 3.63) is 0 Å². The molecule has 108 valence electrons. The molecule has 1 aliphatic heterocycles. The summed E-state index contributed by atoms with van der Waals surface area (Å²) >= 11 is 0. The molecule has 0 unspecified atom stereocenters. The van der Waals surface area contributed by atoms with Crippen molar-refractivity contribution in [1.29, 1.82) is 0 Å². The molecule has 0 spiro atoms. The first-order valence-electron chi connectivity index (χ1n) is 6.90. The van der Waals surface area contributed by atoms with Gasteiger partial charge in [0, 0.05) is 6.04 Å². The van der Waals surface area contributed by atoms with E-state index in [1.54, 1.807) is 4.90 Å². The Balaban J connectivity index is 1.70. The Bertz CT molecular complexity index is 347. The molecule has 0 atom stereocenters. The summed E-state index contributed by atoms with van der Waals surface area (Å²) in [7, 11) is 0. The molecule has 1 heterocycles. The van der Waals surface area contributed by atoms with Gasteiger partial charge in [-0.15, -0.1) is 0 Å². The highest BCUT2D eigenvalue weighted by Gasteiger charge is 2.43. The van der Waals surface area contributed by atoms with E-state index < -0.39 is 11.6 Å². The molecule has 6 nitrogen and oxygen atoms in total. The fourth-order valence-electron chi connectivity index (χ4n) is 2.74. The molecule has 2 amide bonds. The minimum atomic E-state index is -0.980. The van der Waals surface area contributed by atoms with Gasteiger partial charge in [0.15, 0.2) is 0 Å². The summed E-state index contributed by atoms with van der Waals surface area (Å²) < 4.78 is 5.28. The van der Waals surface area contributed by atoms with Crippen molar-refractivity contribution >= 4 is 12.0 Å². The molecule has 19 heavy (non-hydrogen) atoms. The lowest BCUT2D eigenvalue weighted by Crippen LogP contribution is -2.66. The maximum Gasteiger partial charge on any atom is 0.329 e. The van der Waals surface area contributed by atoms with E-state index in [1.807, 2.05) is 6.92 Å². The molecule has 1 saturated heterocycles. The molecule has 0 bridgehead atoms. The predicted molar refractivity (Wildman–Crippen MR) is 69.0 cm³/mol. The lowest BCUT2D eigenvalue weighted by atomic mass is 9.95. The number of rotatable bonds is 4. The van der Waals surface area contributed by atoms with E-state index in [2.05, 4.69) is 5.32 Å². The average Bonchev–Trinajstić information content (AvgIpc) is 2.34. The average molecular weight is 270 g/mol. The number of likely N-dealkylation sites (tertiary alicyclic amines) is 1. The van der Waals surface area contributed by atoms with Crippen molar-refractivity contribution in [2.24, 2.45) is 0 Å². The van der Waals surface area contributed by atoms with Crippen LogP contribution in [0, 0.1) is 0 Å². The van der Waals surface area contributed by atoms with E-state index in [-0.39, 0.29) is 12.6 Å². The van der Waals surface area contributed by atoms with Crippen molar-refractivity contribution in [2.45, 2.75) is 50.7 Å². The Morgan fingerprint density at radius 2 is 1.95 bits per heavy atom. The largest absolute Gasteiger partial charge is 0.480 e. The lowest BCUT2D eigenvalue weighted by molar-refractivity contribution is -0.159. The molecule has 0 radical (unpaired) electrons. The van der Waals surface area contributed by atoms with Crippen molar-refractivity contribution in [3.8, 4) is 0 Å². The van der Waals surface area contributed by atoms with Gasteiger partial charge in [-0.05, 0) is 19.8 Å². The number of carboxylic acid groups (broad SMARTS) is 1. The molecule has 2 fully saturated rings. The number of urea groups is 1. The molecule has 0 aromatic rings. The van der Waals surface area contributed by atoms with Crippen molar-refractivity contribution in [2.75, 3.05) is 19.7 Å². The fourth-order valence-corrected chi connectivity index (χ4v) is 2.74. The van der Waals surface area contributed by atoms with Crippen LogP contribution >= 0.6 is 0 Å². The van der Waals surface area contributed by atoms with E-state index in [9.17, 15) is 9.59 Å². The quantitative estimate of drug-likeness (QED) is 0.804. The molecule has 1 aliphatic carbocycles. The molecule has 2 N–H and O–H groups in total. The van der Waals surface area contributed by atoms with Gasteiger partial charge in [0.05, 0.1) is 13.1 Å². The number of carboxylic acids is 1. The third-order valence-electron chi connectivity index (χ3n) is 3.81. The van der Waals surface area contributed by atoms with E-state index in [4.69, 9.17) is 9.84 Å². The Kier molecular flexibility index (Phi) is 4.29. The van der Waals surface area contributed by atoms with Crippen molar-refractivity contribution in [1.82, 2.24) is 10.2 Å². The number of nitrogens with zero attached hydrogens (tertiary/aromatic N) is 1. The van der Waals surface area contributed by atoms with Crippen LogP contribution in [0.15, 0.2) is 0 Å². The van der Waals surface area contributed by atoms with Gasteiger partial charge < -0.3 is 20.1 Å². The van der Waals surface area contributed by atoms with E-state index >= 15 is 0 Å². The summed E-state index contributed by atoms with van der Waals surface area (Å²) in [6, 6.07) is 0.247. The zero-order chi connectivity index (χ0) is 13.9. The van der Waals surface area contributed by atoms with E-state index in [0.717, 1.165) is 12.8 Å². The summed E-state index contributed by atoms with van der Waals surface area (Å²) in [4.78, 5) is 24.1. The second-order valence-corrected chi connectivity index (χ2v) is 5.77. The minimum absolute atomic E-state index is 0.0525. The molecule has 0 aromatic heterocycles. The van der Waals surface area contributed by atoms with Gasteiger partial charge >= 0.3 is 12.0 Å². The number of amides is 2. The van der Waals surface area contributed by atoms with Crippen LogP contribution in [0.3, 0.4) is 0 Å². The van der Waals surface area contributed by atoms with Crippen molar-refractivity contribution in [3.63, 3.8) is 0 Å². The Labute approximate surface area is 113 Å². The van der Waals surface area contributed by atoms with Crippen LogP contribution in [-0.4, -0.2) is 53.3 Å².